The molecule has 2 unspecified atom stereocenters. The predicted molar refractivity (Wildman–Crippen MR) is 122 cm³/mol. The van der Waals surface area contributed by atoms with Crippen molar-refractivity contribution in [3.05, 3.63) is 47.9 Å². The predicted octanol–water partition coefficient (Wildman–Crippen LogP) is 2.78. The third-order valence-corrected chi connectivity index (χ3v) is 4.87. The van der Waals surface area contributed by atoms with Crippen molar-refractivity contribution in [3.63, 3.8) is 0 Å². The molecule has 32 heavy (non-hydrogen) atoms. The van der Waals surface area contributed by atoms with Crippen LogP contribution in [-0.2, 0) is 4.74 Å². The summed E-state index contributed by atoms with van der Waals surface area (Å²) in [5.74, 6) is -0.752. The maximum Gasteiger partial charge on any atom is 0.252 e. The van der Waals surface area contributed by atoms with Crippen LogP contribution in [0.15, 0.2) is 36.5 Å². The molecular formula is C22H27FN6O3. The zero-order chi connectivity index (χ0) is 23.3. The van der Waals surface area contributed by atoms with Crippen LogP contribution in [0.3, 0.4) is 0 Å². The third-order valence-electron chi connectivity index (χ3n) is 4.87. The molecule has 0 saturated carbocycles. The number of carbonyl (C=O) groups is 1. The van der Waals surface area contributed by atoms with E-state index >= 15 is 0 Å². The molecule has 0 fully saturated rings. The average molecular weight is 442 g/mol. The van der Waals surface area contributed by atoms with Crippen LogP contribution in [0.5, 0.6) is 5.75 Å². The number of methoxy groups -OCH3 is 1. The molecule has 2 aromatic heterocycles. The summed E-state index contributed by atoms with van der Waals surface area (Å²) in [6.07, 6.45) is 1.58. The van der Waals surface area contributed by atoms with E-state index in [1.54, 1.807) is 27.2 Å². The molecule has 3 aromatic rings. The number of ether oxygens (including phenoxy) is 2. The number of nitrogens with zero attached hydrogens (tertiary/aromatic N) is 2. The number of halogens is 1. The first-order chi connectivity index (χ1) is 15.3. The van der Waals surface area contributed by atoms with Gasteiger partial charge in [0.15, 0.2) is 11.6 Å². The second-order valence-corrected chi connectivity index (χ2v) is 7.42. The van der Waals surface area contributed by atoms with E-state index in [4.69, 9.17) is 20.9 Å². The first-order valence-corrected chi connectivity index (χ1v) is 10.1. The van der Waals surface area contributed by atoms with E-state index in [-0.39, 0.29) is 29.3 Å². The number of nitrogens with one attached hydrogen (secondary N) is 2. The van der Waals surface area contributed by atoms with Gasteiger partial charge in [0.2, 0.25) is 0 Å². The summed E-state index contributed by atoms with van der Waals surface area (Å²) >= 11 is 0. The molecule has 0 aliphatic rings. The fourth-order valence-electron chi connectivity index (χ4n) is 2.86. The molecule has 9 nitrogen and oxygen atoms in total. The largest absolute Gasteiger partial charge is 0.491 e. The molecular weight excluding hydrogens is 415 g/mol. The number of benzene rings is 1. The van der Waals surface area contributed by atoms with Gasteiger partial charge in [-0.2, -0.15) is 0 Å². The maximum atomic E-state index is 14.5. The summed E-state index contributed by atoms with van der Waals surface area (Å²) < 4.78 is 25.1. The first-order valence-electron chi connectivity index (χ1n) is 10.1. The molecule has 0 radical (unpaired) electrons. The molecule has 170 valence electrons. The van der Waals surface area contributed by atoms with Crippen LogP contribution >= 0.6 is 0 Å². The minimum Gasteiger partial charge on any atom is -0.491 e. The Bertz CT molecular complexity index is 1110. The van der Waals surface area contributed by atoms with Gasteiger partial charge < -0.3 is 31.6 Å². The molecule has 0 bridgehead atoms. The molecule has 0 aliphatic carbocycles. The molecule has 0 saturated heterocycles. The number of anilines is 3. The topological polar surface area (TPSA) is 137 Å². The van der Waals surface area contributed by atoms with Gasteiger partial charge in [-0.1, -0.05) is 0 Å². The highest BCUT2D eigenvalue weighted by Gasteiger charge is 2.18. The Hall–Kier alpha value is -3.50. The minimum absolute atomic E-state index is 0.0334. The number of aromatic nitrogens is 2. The van der Waals surface area contributed by atoms with E-state index in [1.165, 1.54) is 0 Å². The van der Waals surface area contributed by atoms with Crippen molar-refractivity contribution in [1.29, 1.82) is 0 Å². The van der Waals surface area contributed by atoms with Gasteiger partial charge in [-0.05, 0) is 38.1 Å². The lowest BCUT2D eigenvalue weighted by molar-refractivity contribution is 0.100. The highest BCUT2D eigenvalue weighted by Crippen LogP contribution is 2.27. The molecule has 2 heterocycles. The molecule has 0 spiro atoms. The second-order valence-electron chi connectivity index (χ2n) is 7.42. The Morgan fingerprint density at radius 3 is 2.66 bits per heavy atom. The lowest BCUT2D eigenvalue weighted by Gasteiger charge is -2.20. The Morgan fingerprint density at radius 2 is 1.97 bits per heavy atom. The summed E-state index contributed by atoms with van der Waals surface area (Å²) in [6.45, 7) is 4.52. The number of carbonyl (C=O) groups excluding carboxylic acids is 1. The van der Waals surface area contributed by atoms with Crippen molar-refractivity contribution in [3.8, 4) is 5.75 Å². The summed E-state index contributed by atoms with van der Waals surface area (Å²) in [5.41, 5.74) is 12.5. The van der Waals surface area contributed by atoms with Crippen LogP contribution in [0.2, 0.25) is 0 Å². The van der Waals surface area contributed by atoms with Gasteiger partial charge in [-0.25, -0.2) is 9.37 Å². The fraction of sp³-hybridized carbons (Fsp3) is 0.318. The number of fused-ring (bicyclic) bond motifs is 1. The number of primary amides is 1. The van der Waals surface area contributed by atoms with E-state index < -0.39 is 11.7 Å². The third kappa shape index (κ3) is 5.59. The number of hydrogen-bond acceptors (Lipinski definition) is 8. The second kappa shape index (κ2) is 10.2. The number of nitrogens with two attached hydrogens (primary N) is 2. The van der Waals surface area contributed by atoms with Crippen LogP contribution in [0.4, 0.5) is 21.7 Å². The Kier molecular flexibility index (Phi) is 7.39. The Morgan fingerprint density at radius 1 is 1.19 bits per heavy atom. The van der Waals surface area contributed by atoms with Crippen LogP contribution in [0, 0.1) is 5.82 Å². The minimum atomic E-state index is -0.808. The van der Waals surface area contributed by atoms with Gasteiger partial charge in [-0.3, -0.25) is 9.78 Å². The highest BCUT2D eigenvalue weighted by molar-refractivity contribution is 5.99. The smallest absolute Gasteiger partial charge is 0.252 e. The molecule has 0 aliphatic heterocycles. The van der Waals surface area contributed by atoms with Gasteiger partial charge in [0.1, 0.15) is 18.2 Å². The number of rotatable bonds is 10. The van der Waals surface area contributed by atoms with E-state index in [0.717, 1.165) is 17.0 Å². The molecule has 2 atom stereocenters. The zero-order valence-corrected chi connectivity index (χ0v) is 18.2. The monoisotopic (exact) mass is 442 g/mol. The zero-order valence-electron chi connectivity index (χ0n) is 18.2. The fourth-order valence-corrected chi connectivity index (χ4v) is 2.86. The summed E-state index contributed by atoms with van der Waals surface area (Å²) in [5, 5.41) is 6.76. The lowest BCUT2D eigenvalue weighted by Crippen LogP contribution is -2.35. The molecule has 1 amide bonds. The Labute approximate surface area is 185 Å². The van der Waals surface area contributed by atoms with Gasteiger partial charge in [0.25, 0.3) is 5.91 Å². The van der Waals surface area contributed by atoms with Crippen LogP contribution in [0.25, 0.3) is 10.9 Å². The molecule has 1 aromatic carbocycles. The lowest BCUT2D eigenvalue weighted by atomic mass is 10.1. The summed E-state index contributed by atoms with van der Waals surface area (Å²) in [7, 11) is 1.61. The van der Waals surface area contributed by atoms with Gasteiger partial charge in [0, 0.05) is 30.6 Å². The average Bonchev–Trinajstić information content (AvgIpc) is 2.75. The molecule has 3 rings (SSSR count). The van der Waals surface area contributed by atoms with Crippen molar-refractivity contribution < 1.29 is 18.7 Å². The maximum absolute atomic E-state index is 14.5. The van der Waals surface area contributed by atoms with Gasteiger partial charge >= 0.3 is 0 Å². The van der Waals surface area contributed by atoms with E-state index in [0.29, 0.717) is 24.7 Å². The van der Waals surface area contributed by atoms with Crippen LogP contribution in [0.1, 0.15) is 24.2 Å². The van der Waals surface area contributed by atoms with E-state index in [9.17, 15) is 9.18 Å². The van der Waals surface area contributed by atoms with Crippen molar-refractivity contribution in [1.82, 2.24) is 9.97 Å². The standard InChI is InChI=1S/C22H27FN6O3/c1-12(24)13(2)27-22-18(23)10-17(20(25)30)21(29-22)28-15-8-14-4-5-16(32-7-6-31-3)9-19(14)26-11-15/h4-5,8-13H,6-7,24H2,1-3H3,(H2,25,30)(H2,27,28,29). The van der Waals surface area contributed by atoms with Crippen molar-refractivity contribution >= 4 is 34.1 Å². The summed E-state index contributed by atoms with van der Waals surface area (Å²) in [4.78, 5) is 20.5. The normalized spacial score (nSPS) is 12.9. The van der Waals surface area contributed by atoms with Gasteiger partial charge in [0.05, 0.1) is 29.6 Å². The van der Waals surface area contributed by atoms with Crippen molar-refractivity contribution in [2.75, 3.05) is 31.0 Å². The highest BCUT2D eigenvalue weighted by atomic mass is 19.1. The Balaban J connectivity index is 1.88. The number of amides is 1. The number of hydrogen-bond donors (Lipinski definition) is 4. The van der Waals surface area contributed by atoms with E-state index in [2.05, 4.69) is 20.6 Å². The summed E-state index contributed by atoms with van der Waals surface area (Å²) in [6, 6.07) is 7.90. The SMILES string of the molecule is COCCOc1ccc2cc(Nc3nc(NC(C)C(C)N)c(F)cc3C(N)=O)cnc2c1. The quantitative estimate of drug-likeness (QED) is 0.352. The van der Waals surface area contributed by atoms with Crippen molar-refractivity contribution in [2.24, 2.45) is 11.5 Å². The number of pyridine rings is 2. The molecule has 6 N–H and O–H groups in total. The van der Waals surface area contributed by atoms with Crippen LogP contribution in [-0.4, -0.2) is 48.3 Å². The molecule has 10 heteroatoms. The van der Waals surface area contributed by atoms with Crippen molar-refractivity contribution in [2.45, 2.75) is 25.9 Å². The van der Waals surface area contributed by atoms with E-state index in [1.807, 2.05) is 24.3 Å². The van der Waals surface area contributed by atoms with Gasteiger partial charge in [-0.15, -0.1) is 0 Å². The van der Waals surface area contributed by atoms with Crippen LogP contribution < -0.4 is 26.8 Å². The first kappa shape index (κ1) is 23.2.